The fourth-order valence-electron chi connectivity index (χ4n) is 3.11. The average molecular weight is 426 g/mol. The number of benzene rings is 3. The predicted octanol–water partition coefficient (Wildman–Crippen LogP) is 5.92. The topological polar surface area (TPSA) is 39.7 Å². The number of nitrogens with one attached hydrogen (secondary N) is 1. The van der Waals surface area contributed by atoms with Crippen LogP contribution in [0.2, 0.25) is 5.02 Å². The maximum atomic E-state index is 6.54. The summed E-state index contributed by atoms with van der Waals surface area (Å²) in [5.41, 5.74) is 4.48. The van der Waals surface area contributed by atoms with E-state index in [1.54, 1.807) is 7.11 Å². The second-order valence-electron chi connectivity index (χ2n) is 6.99. The Morgan fingerprint density at radius 3 is 2.30 bits per heavy atom. The van der Waals surface area contributed by atoms with Crippen molar-refractivity contribution in [2.75, 3.05) is 13.7 Å². The van der Waals surface area contributed by atoms with Crippen LogP contribution in [-0.4, -0.2) is 13.7 Å². The molecule has 0 fully saturated rings. The molecule has 0 atom stereocenters. The van der Waals surface area contributed by atoms with Crippen LogP contribution in [-0.2, 0) is 19.7 Å². The van der Waals surface area contributed by atoms with Crippen molar-refractivity contribution >= 4 is 11.6 Å². The lowest BCUT2D eigenvalue weighted by Crippen LogP contribution is -2.13. The summed E-state index contributed by atoms with van der Waals surface area (Å²) < 4.78 is 17.1. The molecular formula is C25H28ClNO3. The van der Waals surface area contributed by atoms with E-state index >= 15 is 0 Å². The number of hydrogen-bond acceptors (Lipinski definition) is 4. The van der Waals surface area contributed by atoms with E-state index in [0.29, 0.717) is 36.3 Å². The van der Waals surface area contributed by atoms with Crippen LogP contribution >= 0.6 is 11.6 Å². The quantitative estimate of drug-likeness (QED) is 0.437. The predicted molar refractivity (Wildman–Crippen MR) is 122 cm³/mol. The molecule has 4 nitrogen and oxygen atoms in total. The highest BCUT2D eigenvalue weighted by molar-refractivity contribution is 6.31. The SMILES string of the molecule is CCOc1cc(CNCc2ccc(OC)cc2)c(Cl)cc1OCc1ccccc1C. The van der Waals surface area contributed by atoms with Crippen LogP contribution in [0.25, 0.3) is 0 Å². The number of methoxy groups -OCH3 is 1. The molecule has 3 aromatic carbocycles. The van der Waals surface area contributed by atoms with Crippen LogP contribution in [0, 0.1) is 6.92 Å². The van der Waals surface area contributed by atoms with Gasteiger partial charge in [-0.1, -0.05) is 48.0 Å². The second-order valence-corrected chi connectivity index (χ2v) is 7.40. The smallest absolute Gasteiger partial charge is 0.163 e. The Morgan fingerprint density at radius 1 is 0.867 bits per heavy atom. The molecule has 5 heteroatoms. The molecule has 0 aromatic heterocycles. The summed E-state index contributed by atoms with van der Waals surface area (Å²) in [6.07, 6.45) is 0. The molecule has 0 aliphatic rings. The van der Waals surface area contributed by atoms with Crippen LogP contribution in [0.3, 0.4) is 0 Å². The molecule has 0 aliphatic heterocycles. The largest absolute Gasteiger partial charge is 0.497 e. The Labute approximate surface area is 183 Å². The van der Waals surface area contributed by atoms with Gasteiger partial charge in [-0.2, -0.15) is 0 Å². The molecule has 3 rings (SSSR count). The van der Waals surface area contributed by atoms with Crippen molar-refractivity contribution < 1.29 is 14.2 Å². The highest BCUT2D eigenvalue weighted by Crippen LogP contribution is 2.34. The van der Waals surface area contributed by atoms with Gasteiger partial charge < -0.3 is 19.5 Å². The lowest BCUT2D eigenvalue weighted by Gasteiger charge is -2.16. The zero-order chi connectivity index (χ0) is 21.3. The lowest BCUT2D eigenvalue weighted by atomic mass is 10.1. The molecule has 3 aromatic rings. The number of halogens is 1. The maximum absolute atomic E-state index is 6.54. The molecule has 0 amide bonds. The number of ether oxygens (including phenoxy) is 3. The Kier molecular flexibility index (Phi) is 8.00. The van der Waals surface area contributed by atoms with Crippen LogP contribution in [0.15, 0.2) is 60.7 Å². The Balaban J connectivity index is 1.66. The zero-order valence-electron chi connectivity index (χ0n) is 17.7. The molecule has 0 spiro atoms. The molecular weight excluding hydrogens is 398 g/mol. The third kappa shape index (κ3) is 5.91. The van der Waals surface area contributed by atoms with Gasteiger partial charge >= 0.3 is 0 Å². The minimum atomic E-state index is 0.470. The first-order valence-corrected chi connectivity index (χ1v) is 10.4. The summed E-state index contributed by atoms with van der Waals surface area (Å²) in [6.45, 7) is 6.42. The normalized spacial score (nSPS) is 10.7. The highest BCUT2D eigenvalue weighted by Gasteiger charge is 2.12. The molecule has 0 heterocycles. The first-order chi connectivity index (χ1) is 14.6. The van der Waals surface area contributed by atoms with Crippen molar-refractivity contribution in [1.29, 1.82) is 0 Å². The molecule has 0 radical (unpaired) electrons. The molecule has 0 saturated carbocycles. The van der Waals surface area contributed by atoms with Crippen molar-refractivity contribution in [3.05, 3.63) is 87.9 Å². The van der Waals surface area contributed by atoms with Gasteiger partial charge in [0.2, 0.25) is 0 Å². The standard InChI is InChI=1S/C25H28ClNO3/c1-4-29-24-13-21(16-27-15-19-9-11-22(28-3)12-10-19)23(26)14-25(24)30-17-20-8-6-5-7-18(20)2/h5-14,27H,4,15-17H2,1-3H3. The Hall–Kier alpha value is -2.69. The third-order valence-electron chi connectivity index (χ3n) is 4.86. The van der Waals surface area contributed by atoms with Crippen molar-refractivity contribution in [3.8, 4) is 17.2 Å². The summed E-state index contributed by atoms with van der Waals surface area (Å²) in [4.78, 5) is 0. The Morgan fingerprint density at radius 2 is 1.60 bits per heavy atom. The minimum absolute atomic E-state index is 0.470. The summed E-state index contributed by atoms with van der Waals surface area (Å²) >= 11 is 6.54. The van der Waals surface area contributed by atoms with Gasteiger partial charge in [-0.25, -0.2) is 0 Å². The van der Waals surface area contributed by atoms with E-state index in [4.69, 9.17) is 25.8 Å². The monoisotopic (exact) mass is 425 g/mol. The second kappa shape index (κ2) is 10.9. The number of rotatable bonds is 10. The summed E-state index contributed by atoms with van der Waals surface area (Å²) in [6, 6.07) is 20.0. The van der Waals surface area contributed by atoms with Crippen molar-refractivity contribution in [3.63, 3.8) is 0 Å². The average Bonchev–Trinajstić information content (AvgIpc) is 2.76. The molecule has 0 saturated heterocycles. The van der Waals surface area contributed by atoms with Gasteiger partial charge in [-0.05, 0) is 54.3 Å². The third-order valence-corrected chi connectivity index (χ3v) is 5.21. The van der Waals surface area contributed by atoms with E-state index in [1.165, 1.54) is 11.1 Å². The van der Waals surface area contributed by atoms with Gasteiger partial charge in [0.05, 0.1) is 13.7 Å². The molecule has 1 N–H and O–H groups in total. The molecule has 0 aliphatic carbocycles. The van der Waals surface area contributed by atoms with Crippen molar-refractivity contribution in [2.24, 2.45) is 0 Å². The first kappa shape index (κ1) is 22.0. The van der Waals surface area contributed by atoms with E-state index < -0.39 is 0 Å². The van der Waals surface area contributed by atoms with Gasteiger partial charge in [0.25, 0.3) is 0 Å². The zero-order valence-corrected chi connectivity index (χ0v) is 18.5. The first-order valence-electron chi connectivity index (χ1n) is 10.1. The highest BCUT2D eigenvalue weighted by atomic mass is 35.5. The van der Waals surface area contributed by atoms with Crippen LogP contribution < -0.4 is 19.5 Å². The van der Waals surface area contributed by atoms with Gasteiger partial charge in [0.15, 0.2) is 11.5 Å². The fourth-order valence-corrected chi connectivity index (χ4v) is 3.33. The van der Waals surface area contributed by atoms with Gasteiger partial charge in [0, 0.05) is 24.2 Å². The van der Waals surface area contributed by atoms with Crippen LogP contribution in [0.4, 0.5) is 0 Å². The molecule has 30 heavy (non-hydrogen) atoms. The van der Waals surface area contributed by atoms with E-state index in [2.05, 4.69) is 24.4 Å². The van der Waals surface area contributed by atoms with E-state index in [1.807, 2.05) is 55.5 Å². The van der Waals surface area contributed by atoms with Crippen LogP contribution in [0.5, 0.6) is 17.2 Å². The van der Waals surface area contributed by atoms with E-state index in [9.17, 15) is 0 Å². The molecule has 0 unspecified atom stereocenters. The summed E-state index contributed by atoms with van der Waals surface area (Å²) in [5, 5.41) is 4.08. The van der Waals surface area contributed by atoms with Gasteiger partial charge in [-0.15, -0.1) is 0 Å². The lowest BCUT2D eigenvalue weighted by molar-refractivity contribution is 0.268. The maximum Gasteiger partial charge on any atom is 0.163 e. The van der Waals surface area contributed by atoms with Gasteiger partial charge in [-0.3, -0.25) is 0 Å². The molecule has 0 bridgehead atoms. The fraction of sp³-hybridized carbons (Fsp3) is 0.280. The minimum Gasteiger partial charge on any atom is -0.497 e. The molecule has 158 valence electrons. The van der Waals surface area contributed by atoms with Crippen LogP contribution in [0.1, 0.15) is 29.2 Å². The summed E-state index contributed by atoms with van der Waals surface area (Å²) in [5.74, 6) is 2.21. The number of aryl methyl sites for hydroxylation is 1. The van der Waals surface area contributed by atoms with Crippen molar-refractivity contribution in [2.45, 2.75) is 33.5 Å². The van der Waals surface area contributed by atoms with E-state index in [0.717, 1.165) is 23.4 Å². The number of hydrogen-bond donors (Lipinski definition) is 1. The van der Waals surface area contributed by atoms with Crippen molar-refractivity contribution in [1.82, 2.24) is 5.32 Å². The van der Waals surface area contributed by atoms with Gasteiger partial charge in [0.1, 0.15) is 12.4 Å². The van der Waals surface area contributed by atoms with E-state index in [-0.39, 0.29) is 0 Å². The Bertz CT molecular complexity index is 957. The summed E-state index contributed by atoms with van der Waals surface area (Å²) in [7, 11) is 1.67.